The van der Waals surface area contributed by atoms with Crippen LogP contribution in [0.2, 0.25) is 0 Å². The molecule has 1 aromatic carbocycles. The van der Waals surface area contributed by atoms with E-state index in [2.05, 4.69) is 4.74 Å². The molecule has 1 rings (SSSR count). The molecule has 0 saturated heterocycles. The van der Waals surface area contributed by atoms with Crippen LogP contribution in [0, 0.1) is 0 Å². The van der Waals surface area contributed by atoms with Crippen LogP contribution in [0.25, 0.3) is 0 Å². The number of hydrogen-bond acceptors (Lipinski definition) is 4. The van der Waals surface area contributed by atoms with Crippen LogP contribution < -0.4 is 5.73 Å². The van der Waals surface area contributed by atoms with Gasteiger partial charge in [0.2, 0.25) is 0 Å². The van der Waals surface area contributed by atoms with Crippen molar-refractivity contribution in [1.82, 2.24) is 0 Å². The predicted octanol–water partition coefficient (Wildman–Crippen LogP) is -0.0774. The molecule has 0 aliphatic carbocycles. The van der Waals surface area contributed by atoms with Crippen LogP contribution in [0.1, 0.15) is 12.5 Å². The maximum atomic E-state index is 11.5. The highest BCUT2D eigenvalue weighted by atomic mass is 16.5. The number of rotatable bonds is 4. The molecule has 1 aromatic rings. The molecule has 0 aliphatic heterocycles. The second-order valence-electron chi connectivity index (χ2n) is 3.16. The number of carbonyl (C=O) groups is 2. The number of carbonyl (C=O) groups excluding carboxylic acids is 2. The summed E-state index contributed by atoms with van der Waals surface area (Å²) in [5.74, 6) is -2.22. The van der Waals surface area contributed by atoms with E-state index in [0.717, 1.165) is 0 Å². The van der Waals surface area contributed by atoms with Crippen LogP contribution in [0.4, 0.5) is 0 Å². The SMILES string of the molecule is CCOC(=O)C(O)(C(N)=O)c1ccccc1. The molecular weight excluding hydrogens is 210 g/mol. The Labute approximate surface area is 92.8 Å². The fourth-order valence-electron chi connectivity index (χ4n) is 1.28. The van der Waals surface area contributed by atoms with Gasteiger partial charge < -0.3 is 15.6 Å². The van der Waals surface area contributed by atoms with Gasteiger partial charge in [0.25, 0.3) is 11.5 Å². The fourth-order valence-corrected chi connectivity index (χ4v) is 1.28. The minimum Gasteiger partial charge on any atom is -0.463 e. The van der Waals surface area contributed by atoms with Gasteiger partial charge in [0.15, 0.2) is 0 Å². The molecule has 0 aromatic heterocycles. The number of nitrogens with two attached hydrogens (primary N) is 1. The summed E-state index contributed by atoms with van der Waals surface area (Å²) in [6.45, 7) is 1.63. The highest BCUT2D eigenvalue weighted by Crippen LogP contribution is 2.22. The Morgan fingerprint density at radius 3 is 2.38 bits per heavy atom. The van der Waals surface area contributed by atoms with Gasteiger partial charge in [-0.15, -0.1) is 0 Å². The highest BCUT2D eigenvalue weighted by molar-refractivity contribution is 6.05. The van der Waals surface area contributed by atoms with Crippen molar-refractivity contribution < 1.29 is 19.4 Å². The van der Waals surface area contributed by atoms with Crippen LogP contribution >= 0.6 is 0 Å². The van der Waals surface area contributed by atoms with Gasteiger partial charge in [0.05, 0.1) is 6.61 Å². The van der Waals surface area contributed by atoms with Crippen molar-refractivity contribution >= 4 is 11.9 Å². The summed E-state index contributed by atoms with van der Waals surface area (Å²) in [7, 11) is 0. The smallest absolute Gasteiger partial charge is 0.352 e. The summed E-state index contributed by atoms with van der Waals surface area (Å²) < 4.78 is 4.63. The largest absolute Gasteiger partial charge is 0.463 e. The van der Waals surface area contributed by atoms with Gasteiger partial charge in [0.1, 0.15) is 0 Å². The highest BCUT2D eigenvalue weighted by Gasteiger charge is 2.45. The molecule has 0 radical (unpaired) electrons. The standard InChI is InChI=1S/C11H13NO4/c1-2-16-10(14)11(15,9(12)13)8-6-4-3-5-7-8/h3-7,15H,2H2,1H3,(H2,12,13). The second-order valence-corrected chi connectivity index (χ2v) is 3.16. The lowest BCUT2D eigenvalue weighted by molar-refractivity contribution is -0.171. The summed E-state index contributed by atoms with van der Waals surface area (Å²) in [6, 6.07) is 7.73. The number of amides is 1. The van der Waals surface area contributed by atoms with E-state index in [1.807, 2.05) is 0 Å². The summed E-state index contributed by atoms with van der Waals surface area (Å²) >= 11 is 0. The van der Waals surface area contributed by atoms with Gasteiger partial charge in [-0.2, -0.15) is 0 Å². The third kappa shape index (κ3) is 2.04. The lowest BCUT2D eigenvalue weighted by Crippen LogP contribution is -2.48. The van der Waals surface area contributed by atoms with E-state index < -0.39 is 17.5 Å². The molecule has 0 saturated carbocycles. The number of ether oxygens (including phenoxy) is 1. The third-order valence-corrected chi connectivity index (χ3v) is 2.12. The number of esters is 1. The Bertz CT molecular complexity index is 390. The van der Waals surface area contributed by atoms with E-state index in [0.29, 0.717) is 0 Å². The van der Waals surface area contributed by atoms with Crippen molar-refractivity contribution in [3.05, 3.63) is 35.9 Å². The predicted molar refractivity (Wildman–Crippen MR) is 56.2 cm³/mol. The van der Waals surface area contributed by atoms with E-state index in [9.17, 15) is 14.7 Å². The van der Waals surface area contributed by atoms with Gasteiger partial charge in [-0.05, 0) is 6.92 Å². The maximum Gasteiger partial charge on any atom is 0.352 e. The van der Waals surface area contributed by atoms with Gasteiger partial charge in [0, 0.05) is 5.56 Å². The van der Waals surface area contributed by atoms with Gasteiger partial charge in [-0.25, -0.2) is 4.79 Å². The van der Waals surface area contributed by atoms with Crippen molar-refractivity contribution in [3.8, 4) is 0 Å². The Kier molecular flexibility index (Phi) is 3.63. The first-order chi connectivity index (χ1) is 7.53. The average molecular weight is 223 g/mol. The molecule has 0 bridgehead atoms. The lowest BCUT2D eigenvalue weighted by Gasteiger charge is -2.22. The monoisotopic (exact) mass is 223 g/mol. The average Bonchev–Trinajstić information content (AvgIpc) is 2.29. The van der Waals surface area contributed by atoms with Crippen LogP contribution in [0.5, 0.6) is 0 Å². The Morgan fingerprint density at radius 1 is 1.38 bits per heavy atom. The van der Waals surface area contributed by atoms with E-state index >= 15 is 0 Å². The molecule has 0 fully saturated rings. The lowest BCUT2D eigenvalue weighted by atomic mass is 9.93. The molecule has 0 heterocycles. The van der Waals surface area contributed by atoms with Crippen molar-refractivity contribution in [2.45, 2.75) is 12.5 Å². The van der Waals surface area contributed by atoms with Crippen molar-refractivity contribution in [3.63, 3.8) is 0 Å². The van der Waals surface area contributed by atoms with Gasteiger partial charge in [-0.3, -0.25) is 4.79 Å². The Hall–Kier alpha value is -1.88. The zero-order chi connectivity index (χ0) is 12.2. The molecule has 1 amide bonds. The van der Waals surface area contributed by atoms with E-state index in [1.165, 1.54) is 12.1 Å². The summed E-state index contributed by atoms with van der Waals surface area (Å²) in [4.78, 5) is 22.7. The number of hydrogen-bond donors (Lipinski definition) is 2. The number of primary amides is 1. The zero-order valence-electron chi connectivity index (χ0n) is 8.84. The van der Waals surface area contributed by atoms with Crippen LogP contribution in [-0.2, 0) is 19.9 Å². The van der Waals surface area contributed by atoms with Crippen LogP contribution in [0.15, 0.2) is 30.3 Å². The first-order valence-electron chi connectivity index (χ1n) is 4.78. The van der Waals surface area contributed by atoms with Gasteiger partial charge in [-0.1, -0.05) is 30.3 Å². The van der Waals surface area contributed by atoms with Crippen LogP contribution in [-0.4, -0.2) is 23.6 Å². The molecular formula is C11H13NO4. The molecule has 5 heteroatoms. The summed E-state index contributed by atoms with van der Waals surface area (Å²) in [5, 5.41) is 10.0. The molecule has 5 nitrogen and oxygen atoms in total. The molecule has 86 valence electrons. The van der Waals surface area contributed by atoms with E-state index in [4.69, 9.17) is 5.73 Å². The van der Waals surface area contributed by atoms with E-state index in [-0.39, 0.29) is 12.2 Å². The maximum absolute atomic E-state index is 11.5. The summed E-state index contributed by atoms with van der Waals surface area (Å²) in [5.41, 5.74) is 2.72. The molecule has 16 heavy (non-hydrogen) atoms. The van der Waals surface area contributed by atoms with Crippen molar-refractivity contribution in [1.29, 1.82) is 0 Å². The normalized spacial score (nSPS) is 13.9. The molecule has 1 unspecified atom stereocenters. The first kappa shape index (κ1) is 12.2. The fraction of sp³-hybridized carbons (Fsp3) is 0.273. The van der Waals surface area contributed by atoms with Gasteiger partial charge >= 0.3 is 5.97 Å². The minimum atomic E-state index is -2.42. The number of benzene rings is 1. The molecule has 0 spiro atoms. The minimum absolute atomic E-state index is 0.0568. The summed E-state index contributed by atoms with van der Waals surface area (Å²) in [6.07, 6.45) is 0. The quantitative estimate of drug-likeness (QED) is 0.552. The molecule has 0 aliphatic rings. The van der Waals surface area contributed by atoms with Crippen molar-refractivity contribution in [2.24, 2.45) is 5.73 Å². The van der Waals surface area contributed by atoms with Crippen LogP contribution in [0.3, 0.4) is 0 Å². The number of aliphatic hydroxyl groups is 1. The molecule has 3 N–H and O–H groups in total. The second kappa shape index (κ2) is 4.76. The zero-order valence-corrected chi connectivity index (χ0v) is 8.84. The first-order valence-corrected chi connectivity index (χ1v) is 4.78. The Morgan fingerprint density at radius 2 is 1.94 bits per heavy atom. The third-order valence-electron chi connectivity index (χ3n) is 2.12. The topological polar surface area (TPSA) is 89.6 Å². The van der Waals surface area contributed by atoms with E-state index in [1.54, 1.807) is 25.1 Å². The van der Waals surface area contributed by atoms with Crippen molar-refractivity contribution in [2.75, 3.05) is 6.61 Å². The Balaban J connectivity index is 3.17. The molecule has 1 atom stereocenters.